The lowest BCUT2D eigenvalue weighted by atomic mass is 10.0. The topological polar surface area (TPSA) is 58.6 Å². The Hall–Kier alpha value is -1.11. The largest absolute Gasteiger partial charge is 0.492 e. The molecule has 1 rings (SSSR count). The van der Waals surface area contributed by atoms with E-state index in [1.54, 1.807) is 0 Å². The molecule has 0 bridgehead atoms. The van der Waals surface area contributed by atoms with E-state index >= 15 is 0 Å². The molecule has 0 aliphatic carbocycles. The lowest BCUT2D eigenvalue weighted by molar-refractivity contribution is 0.321. The first-order valence-corrected chi connectivity index (χ1v) is 7.67. The highest BCUT2D eigenvalue weighted by Gasteiger charge is 2.11. The Morgan fingerprint density at radius 2 is 2.00 bits per heavy atom. The molecule has 1 aromatic carbocycles. The van der Waals surface area contributed by atoms with Crippen LogP contribution >= 0.6 is 0 Å². The van der Waals surface area contributed by atoms with Gasteiger partial charge in [-0.3, -0.25) is 0 Å². The molecule has 0 amide bonds. The van der Waals surface area contributed by atoms with Gasteiger partial charge in [0.2, 0.25) is 0 Å². The van der Waals surface area contributed by atoms with Gasteiger partial charge in [-0.1, -0.05) is 26.0 Å². The maximum Gasteiger partial charge on any atom is 0.279 e. The molecule has 0 fully saturated rings. The Kier molecular flexibility index (Phi) is 5.78. The van der Waals surface area contributed by atoms with Crippen molar-refractivity contribution in [1.82, 2.24) is 9.03 Å². The van der Waals surface area contributed by atoms with Gasteiger partial charge in [-0.2, -0.15) is 17.4 Å². The minimum absolute atomic E-state index is 0.242. The van der Waals surface area contributed by atoms with Crippen molar-refractivity contribution in [2.75, 3.05) is 27.2 Å². The van der Waals surface area contributed by atoms with E-state index in [9.17, 15) is 8.42 Å². The minimum atomic E-state index is -3.37. The summed E-state index contributed by atoms with van der Waals surface area (Å²) >= 11 is 0. The number of ether oxygens (including phenoxy) is 1. The molecule has 0 saturated heterocycles. The summed E-state index contributed by atoms with van der Waals surface area (Å²) < 4.78 is 32.0. The molecule has 0 heterocycles. The van der Waals surface area contributed by atoms with E-state index in [2.05, 4.69) is 18.6 Å². The van der Waals surface area contributed by atoms with Crippen LogP contribution in [0, 0.1) is 0 Å². The highest BCUT2D eigenvalue weighted by Crippen LogP contribution is 2.19. The molecule has 0 saturated carbocycles. The van der Waals surface area contributed by atoms with E-state index in [-0.39, 0.29) is 6.54 Å². The van der Waals surface area contributed by atoms with Crippen LogP contribution in [0.1, 0.15) is 25.3 Å². The van der Waals surface area contributed by atoms with Gasteiger partial charge in [0.25, 0.3) is 10.2 Å². The van der Waals surface area contributed by atoms with Gasteiger partial charge in [0.1, 0.15) is 12.4 Å². The summed E-state index contributed by atoms with van der Waals surface area (Å²) in [4.78, 5) is 0. The number of nitrogens with one attached hydrogen (secondary N) is 1. The van der Waals surface area contributed by atoms with Crippen LogP contribution in [0.5, 0.6) is 5.75 Å². The van der Waals surface area contributed by atoms with Crippen molar-refractivity contribution < 1.29 is 13.2 Å². The van der Waals surface area contributed by atoms with E-state index in [1.165, 1.54) is 19.7 Å². The first kappa shape index (κ1) is 15.9. The van der Waals surface area contributed by atoms with Crippen LogP contribution in [-0.2, 0) is 10.2 Å². The van der Waals surface area contributed by atoms with Gasteiger partial charge in [0.15, 0.2) is 0 Å². The molecular weight excluding hydrogens is 264 g/mol. The first-order valence-electron chi connectivity index (χ1n) is 6.23. The zero-order chi connectivity index (χ0) is 14.5. The van der Waals surface area contributed by atoms with Crippen molar-refractivity contribution in [3.05, 3.63) is 29.8 Å². The summed E-state index contributed by atoms with van der Waals surface area (Å²) in [5, 5.41) is 0. The lowest BCUT2D eigenvalue weighted by Crippen LogP contribution is -2.37. The third-order valence-corrected chi connectivity index (χ3v) is 4.19. The van der Waals surface area contributed by atoms with Crippen molar-refractivity contribution in [3.63, 3.8) is 0 Å². The summed E-state index contributed by atoms with van der Waals surface area (Å²) in [5.41, 5.74) is 1.20. The normalized spacial score (nSPS) is 12.1. The standard InChI is InChI=1S/C13H22N2O3S/c1-11(2)12-6-5-7-13(10-12)18-9-8-14-19(16,17)15(3)4/h5-7,10-11,14H,8-9H2,1-4H3. The Morgan fingerprint density at radius 3 is 2.58 bits per heavy atom. The lowest BCUT2D eigenvalue weighted by Gasteiger charge is -2.13. The summed E-state index contributed by atoms with van der Waals surface area (Å²) in [5.74, 6) is 1.20. The quantitative estimate of drug-likeness (QED) is 0.774. The SMILES string of the molecule is CC(C)c1cccc(OCCNS(=O)(=O)N(C)C)c1. The molecule has 0 aliphatic heterocycles. The molecular formula is C13H22N2O3S. The molecule has 0 aliphatic rings. The Balaban J connectivity index is 2.44. The van der Waals surface area contributed by atoms with Gasteiger partial charge in [0.05, 0.1) is 0 Å². The van der Waals surface area contributed by atoms with E-state index in [1.807, 2.05) is 24.3 Å². The third kappa shape index (κ3) is 5.18. The molecule has 5 nitrogen and oxygen atoms in total. The van der Waals surface area contributed by atoms with Gasteiger partial charge in [0, 0.05) is 20.6 Å². The second-order valence-electron chi connectivity index (χ2n) is 4.76. The molecule has 108 valence electrons. The summed E-state index contributed by atoms with van der Waals surface area (Å²) in [7, 11) is -0.408. The molecule has 1 aromatic rings. The van der Waals surface area contributed by atoms with Crippen molar-refractivity contribution in [2.45, 2.75) is 19.8 Å². The number of hydrogen-bond acceptors (Lipinski definition) is 3. The van der Waals surface area contributed by atoms with Crippen LogP contribution in [0.3, 0.4) is 0 Å². The van der Waals surface area contributed by atoms with Crippen molar-refractivity contribution in [3.8, 4) is 5.75 Å². The van der Waals surface area contributed by atoms with Crippen LogP contribution in [0.4, 0.5) is 0 Å². The maximum absolute atomic E-state index is 11.4. The zero-order valence-electron chi connectivity index (χ0n) is 11.9. The monoisotopic (exact) mass is 286 g/mol. The third-order valence-electron chi connectivity index (χ3n) is 2.66. The van der Waals surface area contributed by atoms with E-state index in [4.69, 9.17) is 4.74 Å². The first-order chi connectivity index (χ1) is 8.83. The average Bonchev–Trinajstić information content (AvgIpc) is 2.35. The van der Waals surface area contributed by atoms with Crippen molar-refractivity contribution >= 4 is 10.2 Å². The van der Waals surface area contributed by atoms with Crippen LogP contribution in [0.15, 0.2) is 24.3 Å². The van der Waals surface area contributed by atoms with E-state index in [0.717, 1.165) is 10.1 Å². The van der Waals surface area contributed by atoms with Gasteiger partial charge >= 0.3 is 0 Å². The minimum Gasteiger partial charge on any atom is -0.492 e. The number of hydrogen-bond donors (Lipinski definition) is 1. The second-order valence-corrected chi connectivity index (χ2v) is 6.73. The fourth-order valence-corrected chi connectivity index (χ4v) is 2.03. The summed E-state index contributed by atoms with van der Waals surface area (Å²) in [6, 6.07) is 7.83. The molecule has 6 heteroatoms. The Labute approximate surface area is 115 Å². The number of benzene rings is 1. The molecule has 1 N–H and O–H groups in total. The predicted octanol–water partition coefficient (Wildman–Crippen LogP) is 1.58. The van der Waals surface area contributed by atoms with Crippen LogP contribution in [0.2, 0.25) is 0 Å². The fraction of sp³-hybridized carbons (Fsp3) is 0.538. The fourth-order valence-electron chi connectivity index (χ4n) is 1.43. The van der Waals surface area contributed by atoms with E-state index < -0.39 is 10.2 Å². The van der Waals surface area contributed by atoms with Gasteiger partial charge in [-0.15, -0.1) is 0 Å². The molecule has 0 aromatic heterocycles. The highest BCUT2D eigenvalue weighted by atomic mass is 32.2. The predicted molar refractivity (Wildman–Crippen MR) is 76.6 cm³/mol. The Morgan fingerprint density at radius 1 is 1.32 bits per heavy atom. The van der Waals surface area contributed by atoms with Gasteiger partial charge in [-0.05, 0) is 23.6 Å². The smallest absolute Gasteiger partial charge is 0.279 e. The number of nitrogens with zero attached hydrogens (tertiary/aromatic N) is 1. The molecule has 0 atom stereocenters. The van der Waals surface area contributed by atoms with Gasteiger partial charge < -0.3 is 4.74 Å². The molecule has 19 heavy (non-hydrogen) atoms. The molecule has 0 radical (unpaired) electrons. The van der Waals surface area contributed by atoms with Crippen molar-refractivity contribution in [1.29, 1.82) is 0 Å². The summed E-state index contributed by atoms with van der Waals surface area (Å²) in [6.45, 7) is 4.77. The highest BCUT2D eigenvalue weighted by molar-refractivity contribution is 7.87. The van der Waals surface area contributed by atoms with Gasteiger partial charge in [-0.25, -0.2) is 0 Å². The molecule has 0 spiro atoms. The summed E-state index contributed by atoms with van der Waals surface area (Å²) in [6.07, 6.45) is 0. The Bertz CT molecular complexity index is 498. The van der Waals surface area contributed by atoms with Crippen molar-refractivity contribution in [2.24, 2.45) is 0 Å². The maximum atomic E-state index is 11.4. The average molecular weight is 286 g/mol. The van der Waals surface area contributed by atoms with Crippen LogP contribution in [-0.4, -0.2) is 40.0 Å². The van der Waals surface area contributed by atoms with E-state index in [0.29, 0.717) is 12.5 Å². The number of rotatable bonds is 7. The van der Waals surface area contributed by atoms with Crippen LogP contribution in [0.25, 0.3) is 0 Å². The second kappa shape index (κ2) is 6.88. The molecule has 0 unspecified atom stereocenters. The zero-order valence-corrected chi connectivity index (χ0v) is 12.7. The van der Waals surface area contributed by atoms with Crippen LogP contribution < -0.4 is 9.46 Å².